The first-order valence-corrected chi connectivity index (χ1v) is 6.73. The van der Waals surface area contributed by atoms with Crippen molar-refractivity contribution in [3.8, 4) is 5.75 Å². The van der Waals surface area contributed by atoms with Crippen molar-refractivity contribution in [2.75, 3.05) is 5.32 Å². The van der Waals surface area contributed by atoms with Crippen molar-refractivity contribution < 1.29 is 14.8 Å². The maximum atomic E-state index is 12.2. The Bertz CT molecular complexity index is 731. The minimum Gasteiger partial charge on any atom is -0.506 e. The van der Waals surface area contributed by atoms with E-state index in [4.69, 9.17) is 0 Å². The summed E-state index contributed by atoms with van der Waals surface area (Å²) in [5.41, 5.74) is 1.03. The van der Waals surface area contributed by atoms with E-state index in [1.54, 1.807) is 12.1 Å². The van der Waals surface area contributed by atoms with Gasteiger partial charge in [0.15, 0.2) is 0 Å². The van der Waals surface area contributed by atoms with Crippen molar-refractivity contribution in [3.05, 3.63) is 62.1 Å². The number of amides is 1. The summed E-state index contributed by atoms with van der Waals surface area (Å²) in [4.78, 5) is 22.3. The van der Waals surface area contributed by atoms with Crippen molar-refractivity contribution in [1.82, 2.24) is 0 Å². The summed E-state index contributed by atoms with van der Waals surface area (Å²) < 4.78 is 0.632. The van der Waals surface area contributed by atoms with Crippen LogP contribution in [0.1, 0.15) is 15.9 Å². The molecule has 21 heavy (non-hydrogen) atoms. The molecule has 108 valence electrons. The molecule has 0 aliphatic rings. The van der Waals surface area contributed by atoms with Gasteiger partial charge in [0.25, 0.3) is 11.6 Å². The molecular formula is C14H11BrN2O4. The smallest absolute Gasteiger partial charge is 0.271 e. The second-order valence-corrected chi connectivity index (χ2v) is 5.14. The van der Waals surface area contributed by atoms with Gasteiger partial charge < -0.3 is 10.4 Å². The van der Waals surface area contributed by atoms with Crippen LogP contribution >= 0.6 is 15.9 Å². The Morgan fingerprint density at radius 3 is 2.71 bits per heavy atom. The lowest BCUT2D eigenvalue weighted by molar-refractivity contribution is -0.384. The summed E-state index contributed by atoms with van der Waals surface area (Å²) in [5, 5.41) is 22.9. The molecule has 7 heteroatoms. The molecule has 2 aromatic rings. The van der Waals surface area contributed by atoms with E-state index < -0.39 is 10.8 Å². The molecule has 0 atom stereocenters. The lowest BCUT2D eigenvalue weighted by Crippen LogP contribution is -2.13. The molecule has 0 aromatic heterocycles. The fourth-order valence-corrected chi connectivity index (χ4v) is 2.19. The predicted octanol–water partition coefficient (Wildman–Crippen LogP) is 3.62. The molecule has 2 rings (SSSR count). The number of halogens is 1. The zero-order valence-corrected chi connectivity index (χ0v) is 12.5. The lowest BCUT2D eigenvalue weighted by atomic mass is 10.1. The Morgan fingerprint density at radius 2 is 2.05 bits per heavy atom. The van der Waals surface area contributed by atoms with Gasteiger partial charge in [-0.05, 0) is 40.5 Å². The van der Waals surface area contributed by atoms with Gasteiger partial charge in [0, 0.05) is 16.6 Å². The molecule has 2 N–H and O–H groups in total. The van der Waals surface area contributed by atoms with Crippen LogP contribution in [0.25, 0.3) is 0 Å². The van der Waals surface area contributed by atoms with Crippen molar-refractivity contribution >= 4 is 33.2 Å². The number of nitro benzene ring substituents is 1. The zero-order valence-electron chi connectivity index (χ0n) is 11.0. The molecule has 0 fully saturated rings. The number of nitrogens with zero attached hydrogens (tertiary/aromatic N) is 1. The summed E-state index contributed by atoms with van der Waals surface area (Å²) in [5.74, 6) is -0.709. The fraction of sp³-hybridized carbons (Fsp3) is 0.0714. The van der Waals surface area contributed by atoms with E-state index in [1.165, 1.54) is 6.07 Å². The van der Waals surface area contributed by atoms with E-state index in [0.717, 1.165) is 17.7 Å². The van der Waals surface area contributed by atoms with Gasteiger partial charge in [-0.1, -0.05) is 12.1 Å². The van der Waals surface area contributed by atoms with Crippen LogP contribution in [0.3, 0.4) is 0 Å². The van der Waals surface area contributed by atoms with Crippen molar-refractivity contribution in [3.63, 3.8) is 0 Å². The first-order valence-electron chi connectivity index (χ1n) is 5.94. The topological polar surface area (TPSA) is 92.5 Å². The highest BCUT2D eigenvalue weighted by molar-refractivity contribution is 9.10. The molecule has 0 aliphatic heterocycles. The van der Waals surface area contributed by atoms with Crippen LogP contribution in [0, 0.1) is 17.0 Å². The van der Waals surface area contributed by atoms with Crippen molar-refractivity contribution in [2.45, 2.75) is 6.92 Å². The van der Waals surface area contributed by atoms with Crippen molar-refractivity contribution in [2.24, 2.45) is 0 Å². The molecule has 0 spiro atoms. The molecule has 0 radical (unpaired) electrons. The quantitative estimate of drug-likeness (QED) is 0.502. The predicted molar refractivity (Wildman–Crippen MR) is 81.6 cm³/mol. The Morgan fingerprint density at radius 1 is 1.33 bits per heavy atom. The number of rotatable bonds is 3. The minimum atomic E-state index is -0.600. The van der Waals surface area contributed by atoms with Gasteiger partial charge in [-0.3, -0.25) is 14.9 Å². The molecule has 0 saturated carbocycles. The summed E-state index contributed by atoms with van der Waals surface area (Å²) in [6.07, 6.45) is 0. The van der Waals surface area contributed by atoms with Crippen LogP contribution in [0.4, 0.5) is 11.4 Å². The van der Waals surface area contributed by atoms with Crippen LogP contribution in [0.15, 0.2) is 40.9 Å². The van der Waals surface area contributed by atoms with Crippen LogP contribution in [0.5, 0.6) is 5.75 Å². The number of phenols is 1. The lowest BCUT2D eigenvalue weighted by Gasteiger charge is -2.09. The largest absolute Gasteiger partial charge is 0.506 e. The van der Waals surface area contributed by atoms with Crippen LogP contribution in [0.2, 0.25) is 0 Å². The van der Waals surface area contributed by atoms with E-state index in [-0.39, 0.29) is 17.1 Å². The van der Waals surface area contributed by atoms with Gasteiger partial charge in [-0.2, -0.15) is 0 Å². The van der Waals surface area contributed by atoms with Crippen molar-refractivity contribution in [1.29, 1.82) is 0 Å². The summed E-state index contributed by atoms with van der Waals surface area (Å²) in [7, 11) is 0. The summed E-state index contributed by atoms with van der Waals surface area (Å²) in [6.45, 7) is 1.84. The number of anilines is 1. The number of nitrogens with one attached hydrogen (secondary N) is 1. The molecule has 0 aliphatic carbocycles. The minimum absolute atomic E-state index is 0.0115. The molecular weight excluding hydrogens is 340 g/mol. The maximum absolute atomic E-state index is 12.2. The SMILES string of the molecule is Cc1cccc(C(=O)Nc2cc([N+](=O)[O-])ccc2O)c1Br. The Labute approximate surface area is 128 Å². The molecule has 6 nitrogen and oxygen atoms in total. The molecule has 0 heterocycles. The standard InChI is InChI=1S/C14H11BrN2O4/c1-8-3-2-4-10(13(8)15)14(19)16-11-7-9(17(20)21)5-6-12(11)18/h2-7,18H,1H3,(H,16,19). The van der Waals surface area contributed by atoms with Crippen LogP contribution in [-0.2, 0) is 0 Å². The number of aryl methyl sites for hydroxylation is 1. The molecule has 0 saturated heterocycles. The number of carbonyl (C=O) groups excluding carboxylic acids is 1. The number of aromatic hydroxyl groups is 1. The average Bonchev–Trinajstić information content (AvgIpc) is 2.43. The van der Waals surface area contributed by atoms with Gasteiger partial charge >= 0.3 is 0 Å². The summed E-state index contributed by atoms with van der Waals surface area (Å²) in [6, 6.07) is 8.61. The third-order valence-corrected chi connectivity index (χ3v) is 3.93. The van der Waals surface area contributed by atoms with E-state index in [1.807, 2.05) is 13.0 Å². The van der Waals surface area contributed by atoms with E-state index >= 15 is 0 Å². The monoisotopic (exact) mass is 350 g/mol. The van der Waals surface area contributed by atoms with Gasteiger partial charge in [-0.15, -0.1) is 0 Å². The average molecular weight is 351 g/mol. The third-order valence-electron chi connectivity index (χ3n) is 2.88. The number of benzene rings is 2. The number of hydrogen-bond acceptors (Lipinski definition) is 4. The first kappa shape index (κ1) is 15.0. The fourth-order valence-electron chi connectivity index (χ4n) is 1.75. The molecule has 0 unspecified atom stereocenters. The van der Waals surface area contributed by atoms with Crippen LogP contribution < -0.4 is 5.32 Å². The molecule has 0 bridgehead atoms. The van der Waals surface area contributed by atoms with E-state index in [9.17, 15) is 20.0 Å². The Kier molecular flexibility index (Phi) is 4.23. The molecule has 2 aromatic carbocycles. The normalized spacial score (nSPS) is 10.2. The Hall–Kier alpha value is -2.41. The van der Waals surface area contributed by atoms with Gasteiger partial charge in [0.2, 0.25) is 0 Å². The van der Waals surface area contributed by atoms with Crippen LogP contribution in [-0.4, -0.2) is 15.9 Å². The zero-order chi connectivity index (χ0) is 15.6. The highest BCUT2D eigenvalue weighted by atomic mass is 79.9. The first-order chi connectivity index (χ1) is 9.90. The summed E-state index contributed by atoms with van der Waals surface area (Å²) >= 11 is 3.32. The number of carbonyl (C=O) groups is 1. The third kappa shape index (κ3) is 3.19. The second-order valence-electron chi connectivity index (χ2n) is 4.35. The van der Waals surface area contributed by atoms with Gasteiger partial charge in [-0.25, -0.2) is 0 Å². The highest BCUT2D eigenvalue weighted by Crippen LogP contribution is 2.29. The number of nitro groups is 1. The van der Waals surface area contributed by atoms with Gasteiger partial charge in [0.05, 0.1) is 16.2 Å². The number of phenolic OH excluding ortho intramolecular Hbond substituents is 1. The number of hydrogen-bond donors (Lipinski definition) is 2. The molecule has 1 amide bonds. The maximum Gasteiger partial charge on any atom is 0.271 e. The van der Waals surface area contributed by atoms with E-state index in [0.29, 0.717) is 10.0 Å². The second kappa shape index (κ2) is 5.92. The van der Waals surface area contributed by atoms with E-state index in [2.05, 4.69) is 21.2 Å². The van der Waals surface area contributed by atoms with Gasteiger partial charge in [0.1, 0.15) is 5.75 Å². The highest BCUT2D eigenvalue weighted by Gasteiger charge is 2.16. The number of non-ortho nitro benzene ring substituents is 1. The Balaban J connectivity index is 2.33.